The number of hydrogen-bond donors (Lipinski definition) is 0. The topological polar surface area (TPSA) is 36.9 Å². The van der Waals surface area contributed by atoms with Gasteiger partial charge in [-0.1, -0.05) is 6.08 Å². The van der Waals surface area contributed by atoms with Crippen molar-refractivity contribution in [1.82, 2.24) is 0 Å². The van der Waals surface area contributed by atoms with Crippen LogP contribution < -0.4 is 0 Å². The van der Waals surface area contributed by atoms with Crippen LogP contribution in [0.15, 0.2) is 12.7 Å². The fourth-order valence-corrected chi connectivity index (χ4v) is 3.76. The first-order valence-corrected chi connectivity index (χ1v) is 7.78. The van der Waals surface area contributed by atoms with Crippen LogP contribution >= 0.6 is 0 Å². The molecular weight excluding hydrogens is 224 g/mol. The van der Waals surface area contributed by atoms with Crippen molar-refractivity contribution in [3.8, 4) is 0 Å². The Labute approximate surface area is 99.9 Å². The maximum Gasteiger partial charge on any atom is 0.503 e. The second-order valence-corrected chi connectivity index (χ2v) is 5.83. The molecule has 5 heteroatoms. The van der Waals surface area contributed by atoms with Gasteiger partial charge in [0.1, 0.15) is 0 Å². The smallest absolute Gasteiger partial charge is 0.377 e. The lowest BCUT2D eigenvalue weighted by Crippen LogP contribution is -2.46. The molecule has 0 aliphatic heterocycles. The second-order valence-electron chi connectivity index (χ2n) is 3.10. The van der Waals surface area contributed by atoms with E-state index in [0.29, 0.717) is 39.1 Å². The molecule has 0 amide bonds. The molecule has 0 spiro atoms. The Kier molecular flexibility index (Phi) is 9.86. The van der Waals surface area contributed by atoms with E-state index in [0.717, 1.165) is 0 Å². The summed E-state index contributed by atoms with van der Waals surface area (Å²) in [5, 5.41) is 0. The van der Waals surface area contributed by atoms with Gasteiger partial charge in [0, 0.05) is 25.9 Å². The lowest BCUT2D eigenvalue weighted by Gasteiger charge is -2.28. The summed E-state index contributed by atoms with van der Waals surface area (Å²) in [6.07, 6.45) is 1.73. The molecule has 0 aromatic carbocycles. The van der Waals surface area contributed by atoms with Gasteiger partial charge in [0.2, 0.25) is 0 Å². The lowest BCUT2D eigenvalue weighted by molar-refractivity contribution is 0.0607. The van der Waals surface area contributed by atoms with Gasteiger partial charge in [0.25, 0.3) is 0 Å². The van der Waals surface area contributed by atoms with E-state index in [1.54, 1.807) is 6.08 Å². The summed E-state index contributed by atoms with van der Waals surface area (Å²) in [5.74, 6) is 0. The highest BCUT2D eigenvalue weighted by Gasteiger charge is 2.39. The molecule has 4 nitrogen and oxygen atoms in total. The minimum Gasteiger partial charge on any atom is -0.377 e. The van der Waals surface area contributed by atoms with Crippen LogP contribution in [0.2, 0.25) is 6.04 Å². The van der Waals surface area contributed by atoms with E-state index in [2.05, 4.69) is 6.58 Å². The van der Waals surface area contributed by atoms with E-state index in [-0.39, 0.29) is 0 Å². The third-order valence-corrected chi connectivity index (χ3v) is 4.88. The SMILES string of the molecule is C=CCOCC[Si](OCC)(OCC)OCC. The Balaban J connectivity index is 4.17. The first-order valence-electron chi connectivity index (χ1n) is 5.85. The molecule has 0 saturated heterocycles. The molecule has 0 aromatic heterocycles. The van der Waals surface area contributed by atoms with Crippen LogP contribution in [-0.4, -0.2) is 41.8 Å². The van der Waals surface area contributed by atoms with Crippen LogP contribution in [0.3, 0.4) is 0 Å². The third kappa shape index (κ3) is 6.39. The van der Waals surface area contributed by atoms with Crippen molar-refractivity contribution < 1.29 is 18.0 Å². The van der Waals surface area contributed by atoms with Gasteiger partial charge in [-0.05, 0) is 20.8 Å². The van der Waals surface area contributed by atoms with Crippen molar-refractivity contribution in [2.75, 3.05) is 33.0 Å². The van der Waals surface area contributed by atoms with E-state index in [9.17, 15) is 0 Å². The lowest BCUT2D eigenvalue weighted by atomic mass is 10.7. The first kappa shape index (κ1) is 15.8. The minimum atomic E-state index is -2.50. The van der Waals surface area contributed by atoms with Gasteiger partial charge in [-0.25, -0.2) is 0 Å². The number of rotatable bonds is 11. The van der Waals surface area contributed by atoms with Crippen molar-refractivity contribution in [1.29, 1.82) is 0 Å². The molecule has 0 aliphatic carbocycles. The van der Waals surface area contributed by atoms with Gasteiger partial charge in [0.15, 0.2) is 0 Å². The highest BCUT2D eigenvalue weighted by molar-refractivity contribution is 6.60. The summed E-state index contributed by atoms with van der Waals surface area (Å²) in [7, 11) is -2.50. The van der Waals surface area contributed by atoms with Crippen molar-refractivity contribution in [3.05, 3.63) is 12.7 Å². The molecular formula is C11H24O4Si. The summed E-state index contributed by atoms with van der Waals surface area (Å²) in [6, 6.07) is 0.691. The third-order valence-electron chi connectivity index (χ3n) is 1.88. The summed E-state index contributed by atoms with van der Waals surface area (Å²) < 4.78 is 22.4. The summed E-state index contributed by atoms with van der Waals surface area (Å²) in [6.45, 7) is 12.4. The summed E-state index contributed by atoms with van der Waals surface area (Å²) in [5.41, 5.74) is 0. The number of ether oxygens (including phenoxy) is 1. The fourth-order valence-electron chi connectivity index (χ4n) is 1.37. The Morgan fingerprint density at radius 3 is 1.88 bits per heavy atom. The predicted molar refractivity (Wildman–Crippen MR) is 66.5 cm³/mol. The molecule has 0 radical (unpaired) electrons. The summed E-state index contributed by atoms with van der Waals surface area (Å²) in [4.78, 5) is 0. The van der Waals surface area contributed by atoms with Crippen LogP contribution in [0.4, 0.5) is 0 Å². The van der Waals surface area contributed by atoms with Gasteiger partial charge in [-0.2, -0.15) is 0 Å². The van der Waals surface area contributed by atoms with E-state index in [1.807, 2.05) is 20.8 Å². The van der Waals surface area contributed by atoms with E-state index >= 15 is 0 Å². The van der Waals surface area contributed by atoms with Crippen LogP contribution in [-0.2, 0) is 18.0 Å². The van der Waals surface area contributed by atoms with Gasteiger partial charge in [0.05, 0.1) is 13.2 Å². The molecule has 0 bridgehead atoms. The molecule has 0 aliphatic rings. The highest BCUT2D eigenvalue weighted by atomic mass is 28.4. The Hall–Kier alpha value is -0.203. The zero-order valence-electron chi connectivity index (χ0n) is 10.7. The van der Waals surface area contributed by atoms with Gasteiger partial charge < -0.3 is 18.0 Å². The Morgan fingerprint density at radius 2 is 1.50 bits per heavy atom. The van der Waals surface area contributed by atoms with Crippen LogP contribution in [0.1, 0.15) is 20.8 Å². The van der Waals surface area contributed by atoms with Crippen LogP contribution in [0.5, 0.6) is 0 Å². The van der Waals surface area contributed by atoms with Crippen molar-refractivity contribution >= 4 is 8.80 Å². The average molecular weight is 248 g/mol. The number of hydrogen-bond acceptors (Lipinski definition) is 4. The molecule has 16 heavy (non-hydrogen) atoms. The first-order chi connectivity index (χ1) is 7.74. The average Bonchev–Trinajstić information content (AvgIpc) is 2.26. The largest absolute Gasteiger partial charge is 0.503 e. The Morgan fingerprint density at radius 1 is 1.00 bits per heavy atom. The normalized spacial score (nSPS) is 11.7. The molecule has 0 rings (SSSR count). The monoisotopic (exact) mass is 248 g/mol. The molecule has 96 valence electrons. The van der Waals surface area contributed by atoms with E-state index < -0.39 is 8.80 Å². The van der Waals surface area contributed by atoms with E-state index in [4.69, 9.17) is 18.0 Å². The standard InChI is InChI=1S/C11H24O4Si/c1-5-9-12-10-11-16(13-6-2,14-7-3)15-8-4/h5H,1,6-11H2,2-4H3. The maximum absolute atomic E-state index is 5.68. The molecule has 0 heterocycles. The molecule has 0 atom stereocenters. The summed E-state index contributed by atoms with van der Waals surface area (Å²) >= 11 is 0. The molecule has 0 fully saturated rings. The van der Waals surface area contributed by atoms with Gasteiger partial charge in [-0.3, -0.25) is 0 Å². The minimum absolute atomic E-state index is 0.550. The molecule has 0 saturated carbocycles. The second kappa shape index (κ2) is 9.98. The van der Waals surface area contributed by atoms with Gasteiger partial charge >= 0.3 is 8.80 Å². The highest BCUT2D eigenvalue weighted by Crippen LogP contribution is 2.15. The van der Waals surface area contributed by atoms with Crippen molar-refractivity contribution in [3.63, 3.8) is 0 Å². The van der Waals surface area contributed by atoms with Crippen molar-refractivity contribution in [2.45, 2.75) is 26.8 Å². The maximum atomic E-state index is 5.68. The molecule has 0 unspecified atom stereocenters. The zero-order valence-corrected chi connectivity index (χ0v) is 11.7. The Bertz CT molecular complexity index is 158. The van der Waals surface area contributed by atoms with E-state index in [1.165, 1.54) is 0 Å². The zero-order chi connectivity index (χ0) is 12.3. The molecule has 0 N–H and O–H groups in total. The van der Waals surface area contributed by atoms with Gasteiger partial charge in [-0.15, -0.1) is 6.58 Å². The van der Waals surface area contributed by atoms with Crippen molar-refractivity contribution in [2.24, 2.45) is 0 Å². The fraction of sp³-hybridized carbons (Fsp3) is 0.818. The predicted octanol–water partition coefficient (Wildman–Crippen LogP) is 2.24. The molecule has 0 aromatic rings. The van der Waals surface area contributed by atoms with Crippen LogP contribution in [0.25, 0.3) is 0 Å². The van der Waals surface area contributed by atoms with Crippen LogP contribution in [0, 0.1) is 0 Å². The quantitative estimate of drug-likeness (QED) is 0.319.